The van der Waals surface area contributed by atoms with Crippen LogP contribution in [0.2, 0.25) is 0 Å². The van der Waals surface area contributed by atoms with Gasteiger partial charge in [0.1, 0.15) is 5.75 Å². The van der Waals surface area contributed by atoms with E-state index in [1.54, 1.807) is 44.7 Å². The van der Waals surface area contributed by atoms with Crippen LogP contribution in [-0.4, -0.2) is 47.8 Å². The first-order valence-corrected chi connectivity index (χ1v) is 10.7. The molecule has 3 rings (SSSR count). The van der Waals surface area contributed by atoms with Crippen LogP contribution >= 0.6 is 11.8 Å². The van der Waals surface area contributed by atoms with Crippen molar-refractivity contribution in [3.05, 3.63) is 60.3 Å². The normalized spacial score (nSPS) is 10.7. The molecule has 1 heterocycles. The van der Waals surface area contributed by atoms with Crippen molar-refractivity contribution in [1.82, 2.24) is 9.55 Å². The first-order valence-electron chi connectivity index (χ1n) is 9.74. The third-order valence-electron chi connectivity index (χ3n) is 4.61. The lowest BCUT2D eigenvalue weighted by Crippen LogP contribution is -2.15. The quantitative estimate of drug-likeness (QED) is 0.378. The first kappa shape index (κ1) is 22.6. The van der Waals surface area contributed by atoms with E-state index in [9.17, 15) is 9.59 Å². The Kier molecular flexibility index (Phi) is 7.86. The Bertz CT molecular complexity index is 1050. The highest BCUT2D eigenvalue weighted by Crippen LogP contribution is 2.27. The van der Waals surface area contributed by atoms with Gasteiger partial charge in [-0.3, -0.25) is 9.59 Å². The molecule has 0 unspecified atom stereocenters. The number of benzene rings is 2. The van der Waals surface area contributed by atoms with Crippen LogP contribution in [0.15, 0.2) is 59.9 Å². The third-order valence-corrected chi connectivity index (χ3v) is 5.60. The van der Waals surface area contributed by atoms with Crippen LogP contribution in [0.3, 0.4) is 0 Å². The second-order valence-corrected chi connectivity index (χ2v) is 7.72. The molecule has 1 N–H and O–H groups in total. The summed E-state index contributed by atoms with van der Waals surface area (Å²) in [5.74, 6) is 0.762. The van der Waals surface area contributed by atoms with Crippen molar-refractivity contribution in [3.63, 3.8) is 0 Å². The minimum atomic E-state index is -0.169. The number of ether oxygens (including phenoxy) is 2. The molecule has 0 saturated carbocycles. The van der Waals surface area contributed by atoms with E-state index in [1.807, 2.05) is 28.8 Å². The summed E-state index contributed by atoms with van der Waals surface area (Å²) in [6.45, 7) is 2.64. The van der Waals surface area contributed by atoms with Gasteiger partial charge >= 0.3 is 0 Å². The predicted molar refractivity (Wildman–Crippen MR) is 122 cm³/mol. The molecular weight excluding hydrogens is 414 g/mol. The molecule has 1 aromatic heterocycles. The lowest BCUT2D eigenvalue weighted by Gasteiger charge is -2.12. The molecule has 8 heteroatoms. The summed E-state index contributed by atoms with van der Waals surface area (Å²) in [5.41, 5.74) is 3.10. The average Bonchev–Trinajstić information content (AvgIpc) is 3.19. The Labute approximate surface area is 185 Å². The maximum Gasteiger partial charge on any atom is 0.234 e. The molecule has 0 fully saturated rings. The average molecular weight is 440 g/mol. The van der Waals surface area contributed by atoms with E-state index in [-0.39, 0.29) is 17.4 Å². The summed E-state index contributed by atoms with van der Waals surface area (Å²) in [7, 11) is 3.29. The number of Topliss-reactive ketones (excluding diaryl/α,β-unsaturated/α-hetero) is 1. The van der Waals surface area contributed by atoms with Crippen LogP contribution in [0.4, 0.5) is 5.69 Å². The van der Waals surface area contributed by atoms with E-state index in [4.69, 9.17) is 9.47 Å². The zero-order chi connectivity index (χ0) is 22.2. The van der Waals surface area contributed by atoms with Gasteiger partial charge < -0.3 is 19.4 Å². The summed E-state index contributed by atoms with van der Waals surface area (Å²) in [4.78, 5) is 28.5. The molecule has 1 amide bonds. The van der Waals surface area contributed by atoms with Gasteiger partial charge in [0.25, 0.3) is 0 Å². The number of nitrogens with one attached hydrogen (secondary N) is 1. The van der Waals surface area contributed by atoms with Crippen molar-refractivity contribution in [2.24, 2.45) is 0 Å². The van der Waals surface area contributed by atoms with E-state index in [0.717, 1.165) is 22.2 Å². The molecule has 0 spiro atoms. The Morgan fingerprint density at radius 2 is 1.90 bits per heavy atom. The highest BCUT2D eigenvalue weighted by Gasteiger charge is 2.14. The fraction of sp³-hybridized carbons (Fsp3) is 0.261. The van der Waals surface area contributed by atoms with Gasteiger partial charge in [-0.1, -0.05) is 23.9 Å². The minimum Gasteiger partial charge on any atom is -0.497 e. The summed E-state index contributed by atoms with van der Waals surface area (Å²) in [5, 5.41) is 3.57. The van der Waals surface area contributed by atoms with E-state index < -0.39 is 0 Å². The van der Waals surface area contributed by atoms with E-state index in [2.05, 4.69) is 10.3 Å². The molecule has 0 saturated heterocycles. The number of hydrogen-bond acceptors (Lipinski definition) is 6. The second-order valence-electron chi connectivity index (χ2n) is 6.77. The van der Waals surface area contributed by atoms with Gasteiger partial charge in [-0.25, -0.2) is 4.98 Å². The van der Waals surface area contributed by atoms with Crippen molar-refractivity contribution >= 4 is 29.1 Å². The molecule has 0 atom stereocenters. The van der Waals surface area contributed by atoms with Gasteiger partial charge in [-0.15, -0.1) is 0 Å². The molecule has 7 nitrogen and oxygen atoms in total. The predicted octanol–water partition coefficient (Wildman–Crippen LogP) is 4.14. The van der Waals surface area contributed by atoms with Crippen molar-refractivity contribution in [2.75, 3.05) is 31.9 Å². The van der Waals surface area contributed by atoms with Crippen molar-refractivity contribution in [3.8, 4) is 17.0 Å². The van der Waals surface area contributed by atoms with Gasteiger partial charge in [-0.05, 0) is 43.3 Å². The maximum atomic E-state index is 12.4. The molecule has 0 aliphatic carbocycles. The van der Waals surface area contributed by atoms with E-state index in [1.165, 1.54) is 18.7 Å². The maximum absolute atomic E-state index is 12.4. The lowest BCUT2D eigenvalue weighted by molar-refractivity contribution is -0.113. The number of rotatable bonds is 10. The van der Waals surface area contributed by atoms with E-state index >= 15 is 0 Å². The minimum absolute atomic E-state index is 0.0447. The number of hydrogen-bond donors (Lipinski definition) is 1. The van der Waals surface area contributed by atoms with E-state index in [0.29, 0.717) is 24.4 Å². The van der Waals surface area contributed by atoms with Gasteiger partial charge in [0.05, 0.1) is 31.4 Å². The Morgan fingerprint density at radius 3 is 2.58 bits per heavy atom. The molecule has 2 aromatic carbocycles. The zero-order valence-electron chi connectivity index (χ0n) is 17.8. The largest absolute Gasteiger partial charge is 0.497 e. The Morgan fingerprint density at radius 1 is 1.13 bits per heavy atom. The summed E-state index contributed by atoms with van der Waals surface area (Å²) >= 11 is 1.35. The topological polar surface area (TPSA) is 82.4 Å². The van der Waals surface area contributed by atoms with Crippen molar-refractivity contribution in [1.29, 1.82) is 0 Å². The van der Waals surface area contributed by atoms with Gasteiger partial charge in [0.2, 0.25) is 5.91 Å². The monoisotopic (exact) mass is 439 g/mol. The van der Waals surface area contributed by atoms with Crippen LogP contribution in [0.25, 0.3) is 11.3 Å². The highest BCUT2D eigenvalue weighted by molar-refractivity contribution is 7.99. The smallest absolute Gasteiger partial charge is 0.234 e. The van der Waals surface area contributed by atoms with Crippen LogP contribution in [0, 0.1) is 0 Å². The van der Waals surface area contributed by atoms with Crippen LogP contribution in [0.5, 0.6) is 5.75 Å². The molecule has 0 aliphatic heterocycles. The molecule has 162 valence electrons. The third kappa shape index (κ3) is 5.96. The zero-order valence-corrected chi connectivity index (χ0v) is 18.6. The Balaban J connectivity index is 1.71. The number of nitrogens with zero attached hydrogens (tertiary/aromatic N) is 2. The number of amides is 1. The number of anilines is 1. The molecule has 31 heavy (non-hydrogen) atoms. The summed E-state index contributed by atoms with van der Waals surface area (Å²) in [6.07, 6.45) is 1.80. The molecule has 0 radical (unpaired) electrons. The van der Waals surface area contributed by atoms with Gasteiger partial charge in [0.15, 0.2) is 10.9 Å². The van der Waals surface area contributed by atoms with Gasteiger partial charge in [-0.2, -0.15) is 0 Å². The van der Waals surface area contributed by atoms with Gasteiger partial charge in [0, 0.05) is 30.5 Å². The number of carbonyl (C=O) groups is 2. The molecular formula is C23H25N3O4S. The molecule has 0 aliphatic rings. The summed E-state index contributed by atoms with van der Waals surface area (Å²) < 4.78 is 12.5. The number of aromatic nitrogens is 2. The second kappa shape index (κ2) is 10.8. The van der Waals surface area contributed by atoms with Crippen LogP contribution < -0.4 is 10.1 Å². The number of carbonyl (C=O) groups excluding carboxylic acids is 2. The highest BCUT2D eigenvalue weighted by atomic mass is 32.2. The Hall–Kier alpha value is -3.10. The first-order chi connectivity index (χ1) is 15.0. The van der Waals surface area contributed by atoms with Crippen molar-refractivity contribution < 1.29 is 19.1 Å². The van der Waals surface area contributed by atoms with Crippen LogP contribution in [-0.2, 0) is 16.1 Å². The fourth-order valence-electron chi connectivity index (χ4n) is 3.01. The molecule has 3 aromatic rings. The number of ketones is 1. The lowest BCUT2D eigenvalue weighted by atomic mass is 10.1. The van der Waals surface area contributed by atoms with Crippen molar-refractivity contribution in [2.45, 2.75) is 18.6 Å². The SMILES string of the molecule is COCCn1c(-c2ccc(OC)cc2)cnc1SCC(=O)Nc1cccc(C(C)=O)c1. The number of thioether (sulfide) groups is 1. The fourth-order valence-corrected chi connectivity index (χ4v) is 3.81. The number of methoxy groups -OCH3 is 2. The number of imidazole rings is 1. The summed E-state index contributed by atoms with van der Waals surface area (Å²) in [6, 6.07) is 14.7. The molecule has 0 bridgehead atoms. The van der Waals surface area contributed by atoms with Crippen LogP contribution in [0.1, 0.15) is 17.3 Å². The standard InChI is InChI=1S/C23H25N3O4S/c1-16(27)18-5-4-6-19(13-18)25-22(28)15-31-23-24-14-21(26(23)11-12-29-2)17-7-9-20(30-3)10-8-17/h4-10,13-14H,11-12,15H2,1-3H3,(H,25,28).